The van der Waals surface area contributed by atoms with Gasteiger partial charge in [0.25, 0.3) is 0 Å². The number of rotatable bonds is 5. The Bertz CT molecular complexity index is 738. The molecule has 0 spiro atoms. The zero-order chi connectivity index (χ0) is 17.4. The average molecular weight is 362 g/mol. The molecule has 6 heteroatoms. The minimum Gasteiger partial charge on any atom is -0.474 e. The fourth-order valence-electron chi connectivity index (χ4n) is 4.40. The molecule has 2 aromatic heterocycles. The molecule has 1 unspecified atom stereocenters. The lowest BCUT2D eigenvalue weighted by molar-refractivity contribution is 0.137. The summed E-state index contributed by atoms with van der Waals surface area (Å²) in [7, 11) is 2.04. The molecular formula is C19H27N3O2S. The van der Waals surface area contributed by atoms with Crippen molar-refractivity contribution in [3.63, 3.8) is 0 Å². The zero-order valence-corrected chi connectivity index (χ0v) is 15.8. The van der Waals surface area contributed by atoms with Crippen molar-refractivity contribution in [1.29, 1.82) is 0 Å². The van der Waals surface area contributed by atoms with E-state index in [1.54, 1.807) is 17.7 Å². The molecular weight excluding hydrogens is 334 g/mol. The van der Waals surface area contributed by atoms with Gasteiger partial charge in [-0.25, -0.2) is 9.97 Å². The van der Waals surface area contributed by atoms with Gasteiger partial charge < -0.3 is 15.2 Å². The molecule has 0 saturated heterocycles. The van der Waals surface area contributed by atoms with Gasteiger partial charge in [0.1, 0.15) is 17.3 Å². The van der Waals surface area contributed by atoms with Crippen molar-refractivity contribution in [3.8, 4) is 5.88 Å². The summed E-state index contributed by atoms with van der Waals surface area (Å²) >= 11 is 1.77. The van der Waals surface area contributed by atoms with Crippen LogP contribution in [0.5, 0.6) is 5.88 Å². The Morgan fingerprint density at radius 3 is 2.80 bits per heavy atom. The van der Waals surface area contributed by atoms with Gasteiger partial charge in [0, 0.05) is 10.9 Å². The first-order valence-electron chi connectivity index (χ1n) is 9.44. The molecule has 0 radical (unpaired) electrons. The van der Waals surface area contributed by atoms with Crippen molar-refractivity contribution in [3.05, 3.63) is 16.8 Å². The van der Waals surface area contributed by atoms with Crippen LogP contribution in [0, 0.1) is 0 Å². The largest absolute Gasteiger partial charge is 0.474 e. The van der Waals surface area contributed by atoms with E-state index in [-0.39, 0.29) is 12.2 Å². The van der Waals surface area contributed by atoms with E-state index in [4.69, 9.17) is 4.74 Å². The molecule has 0 aromatic carbocycles. The maximum absolute atomic E-state index is 9.86. The third-order valence-corrected chi connectivity index (χ3v) is 6.86. The van der Waals surface area contributed by atoms with Gasteiger partial charge in [-0.3, -0.25) is 0 Å². The maximum atomic E-state index is 9.86. The van der Waals surface area contributed by atoms with Crippen LogP contribution in [0.2, 0.25) is 0 Å². The van der Waals surface area contributed by atoms with Gasteiger partial charge in [-0.05, 0) is 70.4 Å². The Hall–Kier alpha value is -1.24. The monoisotopic (exact) mass is 361 g/mol. The van der Waals surface area contributed by atoms with E-state index in [0.29, 0.717) is 12.0 Å². The first-order valence-corrected chi connectivity index (χ1v) is 10.3. The molecule has 5 nitrogen and oxygen atoms in total. The topological polar surface area (TPSA) is 67.3 Å². The third-order valence-electron chi connectivity index (χ3n) is 5.68. The van der Waals surface area contributed by atoms with Gasteiger partial charge in [-0.2, -0.15) is 0 Å². The molecule has 2 N–H and O–H groups in total. The summed E-state index contributed by atoms with van der Waals surface area (Å²) in [4.78, 5) is 11.4. The van der Waals surface area contributed by atoms with E-state index in [9.17, 15) is 5.11 Å². The van der Waals surface area contributed by atoms with E-state index >= 15 is 0 Å². The molecule has 1 saturated carbocycles. The lowest BCUT2D eigenvalue weighted by Crippen LogP contribution is -2.34. The van der Waals surface area contributed by atoms with Crippen molar-refractivity contribution < 1.29 is 9.84 Å². The first kappa shape index (κ1) is 17.2. The predicted molar refractivity (Wildman–Crippen MR) is 101 cm³/mol. The van der Waals surface area contributed by atoms with Gasteiger partial charge in [-0.1, -0.05) is 0 Å². The van der Waals surface area contributed by atoms with E-state index in [2.05, 4.69) is 15.3 Å². The van der Waals surface area contributed by atoms with Crippen LogP contribution in [0.15, 0.2) is 6.33 Å². The van der Waals surface area contributed by atoms with Crippen molar-refractivity contribution in [2.24, 2.45) is 0 Å². The highest BCUT2D eigenvalue weighted by Crippen LogP contribution is 2.47. The van der Waals surface area contributed by atoms with Crippen LogP contribution in [0.1, 0.15) is 61.8 Å². The van der Waals surface area contributed by atoms with E-state index in [1.807, 2.05) is 14.0 Å². The number of aliphatic hydroxyl groups excluding tert-OH is 1. The second-order valence-electron chi connectivity index (χ2n) is 7.50. The van der Waals surface area contributed by atoms with Gasteiger partial charge in [0.05, 0.1) is 11.5 Å². The molecule has 25 heavy (non-hydrogen) atoms. The van der Waals surface area contributed by atoms with Crippen molar-refractivity contribution >= 4 is 21.6 Å². The molecule has 2 atom stereocenters. The predicted octanol–water partition coefficient (Wildman–Crippen LogP) is 3.40. The van der Waals surface area contributed by atoms with E-state index in [0.717, 1.165) is 61.0 Å². The number of nitrogens with zero attached hydrogens (tertiary/aromatic N) is 2. The van der Waals surface area contributed by atoms with Gasteiger partial charge in [0.15, 0.2) is 0 Å². The Kier molecular flexibility index (Phi) is 4.93. The standard InChI is InChI=1S/C19H27N3O2S/c1-11(23)9-12-3-8-15-16(12)17-18(21-10-22-19(17)25-15)24-14-6-4-13(20-2)5-7-14/h10-14,20,23H,3-9H2,1-2H3/t11-,12?,13?,14?/m1/s1. The number of aliphatic hydroxyl groups is 1. The van der Waals surface area contributed by atoms with E-state index in [1.165, 1.54) is 10.4 Å². The third kappa shape index (κ3) is 3.39. The number of nitrogens with one attached hydrogen (secondary N) is 1. The molecule has 2 heterocycles. The average Bonchev–Trinajstić information content (AvgIpc) is 3.15. The maximum Gasteiger partial charge on any atom is 0.225 e. The molecule has 0 amide bonds. The van der Waals surface area contributed by atoms with E-state index < -0.39 is 0 Å². The number of aryl methyl sites for hydroxylation is 1. The molecule has 1 fully saturated rings. The number of aromatic nitrogens is 2. The highest BCUT2D eigenvalue weighted by atomic mass is 32.1. The van der Waals surface area contributed by atoms with Crippen molar-refractivity contribution in [2.45, 2.75) is 76.0 Å². The smallest absolute Gasteiger partial charge is 0.225 e. The Morgan fingerprint density at radius 2 is 2.08 bits per heavy atom. The fraction of sp³-hybridized carbons (Fsp3) is 0.684. The molecule has 0 bridgehead atoms. The summed E-state index contributed by atoms with van der Waals surface area (Å²) in [6.45, 7) is 1.88. The molecule has 4 rings (SSSR count). The lowest BCUT2D eigenvalue weighted by Gasteiger charge is -2.28. The van der Waals surface area contributed by atoms with Gasteiger partial charge in [-0.15, -0.1) is 11.3 Å². The van der Waals surface area contributed by atoms with Gasteiger partial charge in [0.2, 0.25) is 5.88 Å². The van der Waals surface area contributed by atoms with Gasteiger partial charge >= 0.3 is 0 Å². The van der Waals surface area contributed by atoms with Crippen molar-refractivity contribution in [2.75, 3.05) is 7.05 Å². The minimum absolute atomic E-state index is 0.245. The lowest BCUT2D eigenvalue weighted by atomic mass is 9.93. The molecule has 0 aliphatic heterocycles. The highest BCUT2D eigenvalue weighted by Gasteiger charge is 2.31. The SMILES string of the molecule is CNC1CCC(Oc2ncnc3sc4c(c23)C(C[C@@H](C)O)CC4)CC1. The molecule has 2 aliphatic carbocycles. The van der Waals surface area contributed by atoms with Crippen molar-refractivity contribution in [1.82, 2.24) is 15.3 Å². The van der Waals surface area contributed by atoms with Crippen LogP contribution in [0.4, 0.5) is 0 Å². The number of hydrogen-bond acceptors (Lipinski definition) is 6. The van der Waals surface area contributed by atoms with Crippen LogP contribution < -0.4 is 10.1 Å². The second kappa shape index (κ2) is 7.17. The number of hydrogen-bond donors (Lipinski definition) is 2. The number of ether oxygens (including phenoxy) is 1. The minimum atomic E-state index is -0.281. The number of thiophene rings is 1. The summed E-state index contributed by atoms with van der Waals surface area (Å²) in [5.41, 5.74) is 1.35. The summed E-state index contributed by atoms with van der Waals surface area (Å²) in [6.07, 6.45) is 9.05. The van der Waals surface area contributed by atoms with Crippen LogP contribution in [0.25, 0.3) is 10.2 Å². The first-order chi connectivity index (χ1) is 12.2. The summed E-state index contributed by atoms with van der Waals surface area (Å²) in [5, 5.41) is 14.3. The molecule has 2 aliphatic rings. The normalized spacial score (nSPS) is 27.4. The summed E-state index contributed by atoms with van der Waals surface area (Å²) in [5.74, 6) is 1.16. The van der Waals surface area contributed by atoms with Crippen LogP contribution in [-0.2, 0) is 6.42 Å². The van der Waals surface area contributed by atoms with Crippen LogP contribution >= 0.6 is 11.3 Å². The quantitative estimate of drug-likeness (QED) is 0.854. The Balaban J connectivity index is 1.62. The zero-order valence-electron chi connectivity index (χ0n) is 15.0. The number of fused-ring (bicyclic) bond motifs is 3. The summed E-state index contributed by atoms with van der Waals surface area (Å²) in [6, 6.07) is 0.617. The second-order valence-corrected chi connectivity index (χ2v) is 8.58. The fourth-order valence-corrected chi connectivity index (χ4v) is 5.64. The Labute approximate surface area is 152 Å². The van der Waals surface area contributed by atoms with Crippen LogP contribution in [0.3, 0.4) is 0 Å². The Morgan fingerprint density at radius 1 is 1.28 bits per heavy atom. The highest BCUT2D eigenvalue weighted by molar-refractivity contribution is 7.19. The summed E-state index contributed by atoms with van der Waals surface area (Å²) < 4.78 is 6.36. The molecule has 2 aromatic rings. The van der Waals surface area contributed by atoms with Crippen LogP contribution in [-0.4, -0.2) is 40.4 Å². The molecule has 136 valence electrons.